The van der Waals surface area contributed by atoms with E-state index in [2.05, 4.69) is 17.6 Å². The minimum atomic E-state index is -4.50. The molecule has 1 fully saturated rings. The van der Waals surface area contributed by atoms with Crippen LogP contribution >= 0.6 is 0 Å². The highest BCUT2D eigenvalue weighted by atomic mass is 19.4. The molecule has 5 nitrogen and oxygen atoms in total. The molecule has 1 aromatic heterocycles. The predicted octanol–water partition coefficient (Wildman–Crippen LogP) is 3.50. The fourth-order valence-corrected chi connectivity index (χ4v) is 3.16. The second kappa shape index (κ2) is 7.27. The zero-order chi connectivity index (χ0) is 17.8. The Labute approximate surface area is 138 Å². The topological polar surface area (TPSA) is 63.1 Å². The normalized spacial score (nSPS) is 16.8. The van der Waals surface area contributed by atoms with Gasteiger partial charge in [-0.05, 0) is 36.8 Å². The van der Waals surface area contributed by atoms with Crippen LogP contribution in [0.4, 0.5) is 23.7 Å². The molecule has 1 saturated carbocycles. The Bertz CT molecular complexity index is 634. The lowest BCUT2D eigenvalue weighted by molar-refractivity contribution is -0.141. The maximum Gasteiger partial charge on any atom is 0.406 e. The lowest BCUT2D eigenvalue weighted by Crippen LogP contribution is -2.39. The van der Waals surface area contributed by atoms with Gasteiger partial charge < -0.3 is 15.2 Å². The van der Waals surface area contributed by atoms with Crippen LogP contribution < -0.4 is 16.2 Å². The van der Waals surface area contributed by atoms with Gasteiger partial charge >= 0.3 is 12.2 Å². The van der Waals surface area contributed by atoms with Crippen molar-refractivity contribution < 1.29 is 18.0 Å². The zero-order valence-corrected chi connectivity index (χ0v) is 13.6. The van der Waals surface area contributed by atoms with E-state index >= 15 is 0 Å². The van der Waals surface area contributed by atoms with Gasteiger partial charge in [-0.25, -0.2) is 4.79 Å². The molecule has 0 unspecified atom stereocenters. The minimum absolute atomic E-state index is 0.0878. The van der Waals surface area contributed by atoms with Gasteiger partial charge in [0.05, 0.1) is 0 Å². The van der Waals surface area contributed by atoms with Crippen LogP contribution in [0, 0.1) is 5.41 Å². The number of carbonyl (C=O) groups is 1. The smallest absolute Gasteiger partial charge is 0.337 e. The van der Waals surface area contributed by atoms with Gasteiger partial charge in [-0.2, -0.15) is 13.2 Å². The van der Waals surface area contributed by atoms with E-state index in [-0.39, 0.29) is 11.1 Å². The summed E-state index contributed by atoms with van der Waals surface area (Å²) in [6.07, 6.45) is 1.87. The standard InChI is InChI=1S/C16H22F3N3O2/c1-2-15(7-3-4-8-15)10-20-14(24)21-12-6-5-9-22(13(12)23)11-16(17,18)19/h5-6,9H,2-4,7-8,10-11H2,1H3,(H2,20,21,24). The van der Waals surface area contributed by atoms with E-state index in [1.54, 1.807) is 0 Å². The number of alkyl halides is 3. The highest BCUT2D eigenvalue weighted by Gasteiger charge is 2.32. The molecule has 1 aliphatic rings. The van der Waals surface area contributed by atoms with Crippen molar-refractivity contribution in [3.8, 4) is 0 Å². The zero-order valence-electron chi connectivity index (χ0n) is 13.6. The summed E-state index contributed by atoms with van der Waals surface area (Å²) in [6.45, 7) is 1.19. The number of halogens is 3. The van der Waals surface area contributed by atoms with Gasteiger partial charge in [-0.3, -0.25) is 4.79 Å². The average Bonchev–Trinajstić information content (AvgIpc) is 2.97. The number of carbonyl (C=O) groups excluding carboxylic acids is 1. The Balaban J connectivity index is 1.99. The number of nitrogens with one attached hydrogen (secondary N) is 2. The molecule has 1 aromatic rings. The molecule has 134 valence electrons. The second-order valence-corrected chi connectivity index (χ2v) is 6.34. The van der Waals surface area contributed by atoms with Crippen molar-refractivity contribution in [1.29, 1.82) is 0 Å². The van der Waals surface area contributed by atoms with E-state index in [0.29, 0.717) is 11.1 Å². The number of nitrogens with zero attached hydrogens (tertiary/aromatic N) is 1. The Morgan fingerprint density at radius 2 is 2.00 bits per heavy atom. The number of amides is 2. The third kappa shape index (κ3) is 4.75. The predicted molar refractivity (Wildman–Crippen MR) is 85.0 cm³/mol. The number of rotatable bonds is 5. The number of hydrogen-bond donors (Lipinski definition) is 2. The molecule has 2 N–H and O–H groups in total. The Kier molecular flexibility index (Phi) is 5.56. The van der Waals surface area contributed by atoms with Crippen molar-refractivity contribution >= 4 is 11.7 Å². The molecule has 1 heterocycles. The summed E-state index contributed by atoms with van der Waals surface area (Å²) in [5, 5.41) is 5.09. The molecule has 0 bridgehead atoms. The lowest BCUT2D eigenvalue weighted by Gasteiger charge is -2.27. The summed E-state index contributed by atoms with van der Waals surface area (Å²) in [5.74, 6) is 0. The third-order valence-corrected chi connectivity index (χ3v) is 4.66. The first-order valence-corrected chi connectivity index (χ1v) is 8.06. The molecule has 0 aliphatic heterocycles. The third-order valence-electron chi connectivity index (χ3n) is 4.66. The minimum Gasteiger partial charge on any atom is -0.337 e. The summed E-state index contributed by atoms with van der Waals surface area (Å²) in [6, 6.07) is 2.02. The molecule has 8 heteroatoms. The lowest BCUT2D eigenvalue weighted by atomic mass is 9.83. The molecule has 2 rings (SSSR count). The van der Waals surface area contributed by atoms with Gasteiger partial charge in [0, 0.05) is 12.7 Å². The molecular weight excluding hydrogens is 323 g/mol. The largest absolute Gasteiger partial charge is 0.406 e. The van der Waals surface area contributed by atoms with Crippen molar-refractivity contribution in [3.05, 3.63) is 28.7 Å². The van der Waals surface area contributed by atoms with Crippen LogP contribution in [0.2, 0.25) is 0 Å². The van der Waals surface area contributed by atoms with Gasteiger partial charge in [0.25, 0.3) is 5.56 Å². The summed E-state index contributed by atoms with van der Waals surface area (Å²) in [7, 11) is 0. The van der Waals surface area contributed by atoms with E-state index in [9.17, 15) is 22.8 Å². The van der Waals surface area contributed by atoms with Crippen LogP contribution in [0.1, 0.15) is 39.0 Å². The van der Waals surface area contributed by atoms with Crippen molar-refractivity contribution in [2.75, 3.05) is 11.9 Å². The average molecular weight is 345 g/mol. The molecular formula is C16H22F3N3O2. The Hall–Kier alpha value is -1.99. The Morgan fingerprint density at radius 1 is 1.33 bits per heavy atom. The first kappa shape index (κ1) is 18.4. The quantitative estimate of drug-likeness (QED) is 0.858. The summed E-state index contributed by atoms with van der Waals surface area (Å²) >= 11 is 0. The highest BCUT2D eigenvalue weighted by Crippen LogP contribution is 2.40. The maximum atomic E-state index is 12.4. The van der Waals surface area contributed by atoms with E-state index in [1.807, 2.05) is 0 Å². The monoisotopic (exact) mass is 345 g/mol. The fourth-order valence-electron chi connectivity index (χ4n) is 3.16. The second-order valence-electron chi connectivity index (χ2n) is 6.34. The van der Waals surface area contributed by atoms with E-state index in [1.165, 1.54) is 12.1 Å². The van der Waals surface area contributed by atoms with E-state index < -0.39 is 24.3 Å². The number of pyridine rings is 1. The molecule has 1 aliphatic carbocycles. The van der Waals surface area contributed by atoms with Crippen molar-refractivity contribution in [3.63, 3.8) is 0 Å². The van der Waals surface area contributed by atoms with Crippen LogP contribution in [0.5, 0.6) is 0 Å². The number of hydrogen-bond acceptors (Lipinski definition) is 2. The first-order valence-electron chi connectivity index (χ1n) is 8.06. The van der Waals surface area contributed by atoms with Gasteiger partial charge in [0.2, 0.25) is 0 Å². The Morgan fingerprint density at radius 3 is 2.58 bits per heavy atom. The molecule has 0 aromatic carbocycles. The SMILES string of the molecule is CCC1(CNC(=O)Nc2cccn(CC(F)(F)F)c2=O)CCCC1. The van der Waals surface area contributed by atoms with E-state index in [4.69, 9.17) is 0 Å². The molecule has 24 heavy (non-hydrogen) atoms. The number of urea groups is 1. The number of aromatic nitrogens is 1. The van der Waals surface area contributed by atoms with Crippen LogP contribution in [-0.2, 0) is 6.54 Å². The van der Waals surface area contributed by atoms with Crippen molar-refractivity contribution in [2.45, 2.75) is 51.7 Å². The van der Waals surface area contributed by atoms with Crippen LogP contribution in [-0.4, -0.2) is 23.3 Å². The van der Waals surface area contributed by atoms with Crippen LogP contribution in [0.3, 0.4) is 0 Å². The molecule has 0 atom stereocenters. The number of anilines is 1. The van der Waals surface area contributed by atoms with Gasteiger partial charge in [-0.1, -0.05) is 19.8 Å². The molecule has 0 saturated heterocycles. The van der Waals surface area contributed by atoms with Gasteiger partial charge in [0.1, 0.15) is 12.2 Å². The van der Waals surface area contributed by atoms with Crippen molar-refractivity contribution in [2.24, 2.45) is 5.41 Å². The molecule has 2 amide bonds. The van der Waals surface area contributed by atoms with E-state index in [0.717, 1.165) is 38.3 Å². The fraction of sp³-hybridized carbons (Fsp3) is 0.625. The van der Waals surface area contributed by atoms with Crippen LogP contribution in [0.15, 0.2) is 23.1 Å². The van der Waals surface area contributed by atoms with Crippen LogP contribution in [0.25, 0.3) is 0 Å². The highest BCUT2D eigenvalue weighted by molar-refractivity contribution is 5.88. The summed E-state index contributed by atoms with van der Waals surface area (Å²) in [5.41, 5.74) is -0.961. The van der Waals surface area contributed by atoms with Gasteiger partial charge in [-0.15, -0.1) is 0 Å². The maximum absolute atomic E-state index is 12.4. The molecule has 0 spiro atoms. The van der Waals surface area contributed by atoms with Crippen molar-refractivity contribution in [1.82, 2.24) is 9.88 Å². The van der Waals surface area contributed by atoms with Gasteiger partial charge in [0.15, 0.2) is 0 Å². The first-order chi connectivity index (χ1) is 11.2. The summed E-state index contributed by atoms with van der Waals surface area (Å²) in [4.78, 5) is 24.0. The summed E-state index contributed by atoms with van der Waals surface area (Å²) < 4.78 is 37.8. The molecule has 0 radical (unpaired) electrons.